The number of amides is 2. The van der Waals surface area contributed by atoms with E-state index in [9.17, 15) is 4.79 Å². The topological polar surface area (TPSA) is 59.6 Å². The Balaban J connectivity index is 2.17. The Labute approximate surface area is 103 Å². The number of ether oxygens (including phenoxy) is 2. The average Bonchev–Trinajstić information content (AvgIpc) is 2.77. The van der Waals surface area contributed by atoms with E-state index in [1.807, 2.05) is 0 Å². The van der Waals surface area contributed by atoms with Crippen LogP contribution in [0.1, 0.15) is 26.7 Å². The summed E-state index contributed by atoms with van der Waals surface area (Å²) in [4.78, 5) is 11.6. The molecule has 0 aromatic rings. The van der Waals surface area contributed by atoms with Crippen LogP contribution in [-0.2, 0) is 9.47 Å². The first kappa shape index (κ1) is 14.3. The molecule has 2 amide bonds. The van der Waals surface area contributed by atoms with Crippen LogP contribution in [-0.4, -0.2) is 45.5 Å². The second-order valence-electron chi connectivity index (χ2n) is 5.29. The molecule has 0 saturated carbocycles. The van der Waals surface area contributed by atoms with Gasteiger partial charge in [-0.1, -0.05) is 13.8 Å². The van der Waals surface area contributed by atoms with Crippen LogP contribution >= 0.6 is 0 Å². The minimum atomic E-state index is -0.106. The van der Waals surface area contributed by atoms with Gasteiger partial charge >= 0.3 is 6.03 Å². The van der Waals surface area contributed by atoms with Crippen molar-refractivity contribution >= 4 is 6.03 Å². The van der Waals surface area contributed by atoms with Crippen LogP contribution in [0.25, 0.3) is 0 Å². The molecule has 1 saturated heterocycles. The monoisotopic (exact) mass is 244 g/mol. The molecule has 100 valence electrons. The number of carbonyl (C=O) groups excluding carboxylic acids is 1. The van der Waals surface area contributed by atoms with Crippen molar-refractivity contribution in [2.24, 2.45) is 5.41 Å². The first-order valence-electron chi connectivity index (χ1n) is 6.14. The molecule has 1 aliphatic heterocycles. The molecule has 1 rings (SSSR count). The lowest BCUT2D eigenvalue weighted by Gasteiger charge is -2.25. The minimum Gasteiger partial charge on any atom is -0.385 e. The first-order chi connectivity index (χ1) is 8.03. The quantitative estimate of drug-likeness (QED) is 0.736. The Bertz CT molecular complexity index is 238. The number of hydrogen-bond acceptors (Lipinski definition) is 3. The molecule has 2 N–H and O–H groups in total. The highest BCUT2D eigenvalue weighted by molar-refractivity contribution is 5.74. The third kappa shape index (κ3) is 5.89. The van der Waals surface area contributed by atoms with Crippen molar-refractivity contribution in [3.63, 3.8) is 0 Å². The van der Waals surface area contributed by atoms with E-state index in [1.165, 1.54) is 0 Å². The number of nitrogens with one attached hydrogen (secondary N) is 2. The van der Waals surface area contributed by atoms with Crippen LogP contribution in [0.4, 0.5) is 4.79 Å². The first-order valence-corrected chi connectivity index (χ1v) is 6.14. The van der Waals surface area contributed by atoms with Crippen LogP contribution in [0.2, 0.25) is 0 Å². The lowest BCUT2D eigenvalue weighted by molar-refractivity contribution is 0.150. The normalized spacial score (nSPS) is 20.3. The molecule has 0 spiro atoms. The summed E-state index contributed by atoms with van der Waals surface area (Å²) in [6.07, 6.45) is 1.83. The van der Waals surface area contributed by atoms with Gasteiger partial charge in [0.1, 0.15) is 0 Å². The van der Waals surface area contributed by atoms with Gasteiger partial charge in [0, 0.05) is 26.9 Å². The molecule has 1 aliphatic rings. The lowest BCUT2D eigenvalue weighted by Crippen LogP contribution is -2.45. The van der Waals surface area contributed by atoms with Gasteiger partial charge in [-0.15, -0.1) is 0 Å². The largest absolute Gasteiger partial charge is 0.385 e. The van der Waals surface area contributed by atoms with Crippen molar-refractivity contribution < 1.29 is 14.3 Å². The van der Waals surface area contributed by atoms with Crippen LogP contribution in [0.3, 0.4) is 0 Å². The van der Waals surface area contributed by atoms with Gasteiger partial charge in [0.05, 0.1) is 12.6 Å². The summed E-state index contributed by atoms with van der Waals surface area (Å²) in [5.74, 6) is 0. The maximum absolute atomic E-state index is 11.6. The average molecular weight is 244 g/mol. The SMILES string of the molecule is COCCC(C)(C)CNC(=O)NC1CCOC1. The van der Waals surface area contributed by atoms with Crippen molar-refractivity contribution in [2.45, 2.75) is 32.7 Å². The highest BCUT2D eigenvalue weighted by Gasteiger charge is 2.21. The Kier molecular flexibility index (Phi) is 5.71. The maximum Gasteiger partial charge on any atom is 0.315 e. The summed E-state index contributed by atoms with van der Waals surface area (Å²) >= 11 is 0. The lowest BCUT2D eigenvalue weighted by atomic mass is 9.90. The summed E-state index contributed by atoms with van der Waals surface area (Å²) < 4.78 is 10.2. The fraction of sp³-hybridized carbons (Fsp3) is 0.917. The van der Waals surface area contributed by atoms with E-state index >= 15 is 0 Å². The van der Waals surface area contributed by atoms with Crippen molar-refractivity contribution in [2.75, 3.05) is 33.5 Å². The zero-order valence-electron chi connectivity index (χ0n) is 11.0. The predicted octanol–water partition coefficient (Wildman–Crippen LogP) is 1.14. The molecule has 5 heteroatoms. The van der Waals surface area contributed by atoms with Gasteiger partial charge in [0.25, 0.3) is 0 Å². The predicted molar refractivity (Wildman–Crippen MR) is 66.0 cm³/mol. The molecule has 1 atom stereocenters. The van der Waals surface area contributed by atoms with E-state index in [0.29, 0.717) is 19.8 Å². The second-order valence-corrected chi connectivity index (χ2v) is 5.29. The molecule has 1 heterocycles. The molecular formula is C12H24N2O3. The summed E-state index contributed by atoms with van der Waals surface area (Å²) in [5.41, 5.74) is 0.0551. The number of methoxy groups -OCH3 is 1. The number of hydrogen-bond donors (Lipinski definition) is 2. The molecule has 1 unspecified atom stereocenters. The van der Waals surface area contributed by atoms with Crippen LogP contribution in [0.15, 0.2) is 0 Å². The van der Waals surface area contributed by atoms with E-state index in [1.54, 1.807) is 7.11 Å². The maximum atomic E-state index is 11.6. The molecule has 0 bridgehead atoms. The van der Waals surface area contributed by atoms with E-state index in [4.69, 9.17) is 9.47 Å². The fourth-order valence-electron chi connectivity index (χ4n) is 1.67. The second kappa shape index (κ2) is 6.81. The van der Waals surface area contributed by atoms with Crippen molar-refractivity contribution in [1.82, 2.24) is 10.6 Å². The van der Waals surface area contributed by atoms with Gasteiger partial charge in [-0.2, -0.15) is 0 Å². The number of rotatable bonds is 6. The Morgan fingerprint density at radius 2 is 2.29 bits per heavy atom. The van der Waals surface area contributed by atoms with Gasteiger partial charge in [0.15, 0.2) is 0 Å². The minimum absolute atomic E-state index is 0.0551. The Hall–Kier alpha value is -0.810. The molecule has 5 nitrogen and oxygen atoms in total. The van der Waals surface area contributed by atoms with Gasteiger partial charge in [-0.25, -0.2) is 4.79 Å². The summed E-state index contributed by atoms with van der Waals surface area (Å²) in [6.45, 7) is 6.96. The van der Waals surface area contributed by atoms with Crippen LogP contribution in [0.5, 0.6) is 0 Å². The summed E-state index contributed by atoms with van der Waals surface area (Å²) in [6, 6.07) is 0.0584. The standard InChI is InChI=1S/C12H24N2O3/c1-12(2,5-7-16-3)9-13-11(15)14-10-4-6-17-8-10/h10H,4-9H2,1-3H3,(H2,13,14,15). The molecule has 1 fully saturated rings. The fourth-order valence-corrected chi connectivity index (χ4v) is 1.67. The van der Waals surface area contributed by atoms with E-state index in [0.717, 1.165) is 19.4 Å². The van der Waals surface area contributed by atoms with Gasteiger partial charge < -0.3 is 20.1 Å². The highest BCUT2D eigenvalue weighted by Crippen LogP contribution is 2.18. The van der Waals surface area contributed by atoms with E-state index < -0.39 is 0 Å². The number of carbonyl (C=O) groups is 1. The zero-order valence-corrected chi connectivity index (χ0v) is 11.0. The number of urea groups is 1. The zero-order chi connectivity index (χ0) is 12.7. The van der Waals surface area contributed by atoms with Crippen molar-refractivity contribution in [1.29, 1.82) is 0 Å². The van der Waals surface area contributed by atoms with Crippen LogP contribution in [0, 0.1) is 5.41 Å². The molecule has 0 radical (unpaired) electrons. The van der Waals surface area contributed by atoms with Gasteiger partial charge in [-0.3, -0.25) is 0 Å². The molecular weight excluding hydrogens is 220 g/mol. The van der Waals surface area contributed by atoms with E-state index in [-0.39, 0.29) is 17.5 Å². The van der Waals surface area contributed by atoms with Crippen LogP contribution < -0.4 is 10.6 Å². The Morgan fingerprint density at radius 3 is 2.88 bits per heavy atom. The van der Waals surface area contributed by atoms with Gasteiger partial charge in [0.2, 0.25) is 0 Å². The van der Waals surface area contributed by atoms with Crippen molar-refractivity contribution in [3.05, 3.63) is 0 Å². The van der Waals surface area contributed by atoms with Gasteiger partial charge in [-0.05, 0) is 18.3 Å². The molecule has 17 heavy (non-hydrogen) atoms. The third-order valence-corrected chi connectivity index (χ3v) is 2.98. The summed E-state index contributed by atoms with van der Waals surface area (Å²) in [7, 11) is 1.69. The highest BCUT2D eigenvalue weighted by atomic mass is 16.5. The van der Waals surface area contributed by atoms with E-state index in [2.05, 4.69) is 24.5 Å². The smallest absolute Gasteiger partial charge is 0.315 e. The molecule has 0 aromatic heterocycles. The third-order valence-electron chi connectivity index (χ3n) is 2.98. The summed E-state index contributed by atoms with van der Waals surface area (Å²) in [5, 5.41) is 5.80. The molecule has 0 aliphatic carbocycles. The molecule has 0 aromatic carbocycles. The Morgan fingerprint density at radius 1 is 1.53 bits per heavy atom. The van der Waals surface area contributed by atoms with Crippen molar-refractivity contribution in [3.8, 4) is 0 Å².